The van der Waals surface area contributed by atoms with Crippen molar-refractivity contribution < 1.29 is 9.59 Å². The molecule has 31 heavy (non-hydrogen) atoms. The molecule has 6 heteroatoms. The van der Waals surface area contributed by atoms with Gasteiger partial charge in [0.2, 0.25) is 5.91 Å². The molecule has 0 saturated carbocycles. The zero-order valence-electron chi connectivity index (χ0n) is 19.5. The maximum Gasteiger partial charge on any atom is 0.251 e. The van der Waals surface area contributed by atoms with Gasteiger partial charge in [0, 0.05) is 31.9 Å². The van der Waals surface area contributed by atoms with Crippen molar-refractivity contribution in [3.8, 4) is 0 Å². The summed E-state index contributed by atoms with van der Waals surface area (Å²) in [6.07, 6.45) is 2.58. The average Bonchev–Trinajstić information content (AvgIpc) is 2.74. The first kappa shape index (κ1) is 24.8. The van der Waals surface area contributed by atoms with Crippen LogP contribution in [0.4, 0.5) is 5.69 Å². The van der Waals surface area contributed by atoms with Crippen molar-refractivity contribution in [3.05, 3.63) is 65.2 Å². The maximum absolute atomic E-state index is 12.8. The van der Waals surface area contributed by atoms with Crippen LogP contribution < -0.4 is 15.5 Å². The monoisotopic (exact) mass is 441 g/mol. The summed E-state index contributed by atoms with van der Waals surface area (Å²) in [4.78, 5) is 27.6. The molecule has 0 aliphatic carbocycles. The number of nitrogens with one attached hydrogen (secondary N) is 2. The summed E-state index contributed by atoms with van der Waals surface area (Å²) in [7, 11) is 3.99. The molecular formula is C25H35N3O2S. The molecule has 5 nitrogen and oxygen atoms in total. The number of thioether (sulfide) groups is 1. The first-order chi connectivity index (χ1) is 14.6. The van der Waals surface area contributed by atoms with E-state index in [0.717, 1.165) is 17.0 Å². The fourth-order valence-electron chi connectivity index (χ4n) is 3.09. The molecule has 0 saturated heterocycles. The minimum absolute atomic E-state index is 0.0283. The summed E-state index contributed by atoms with van der Waals surface area (Å²) in [5.41, 5.74) is 3.89. The molecule has 0 radical (unpaired) electrons. The van der Waals surface area contributed by atoms with Crippen LogP contribution in [0.25, 0.3) is 0 Å². The minimum Gasteiger partial charge on any atom is -0.378 e. The number of benzene rings is 2. The summed E-state index contributed by atoms with van der Waals surface area (Å²) >= 11 is 1.66. The second-order valence-corrected chi connectivity index (χ2v) is 9.90. The molecule has 168 valence electrons. The van der Waals surface area contributed by atoms with E-state index in [1.807, 2.05) is 73.8 Å². The van der Waals surface area contributed by atoms with Gasteiger partial charge in [0.1, 0.15) is 6.04 Å². The van der Waals surface area contributed by atoms with Gasteiger partial charge in [-0.05, 0) is 59.2 Å². The Morgan fingerprint density at radius 3 is 2.13 bits per heavy atom. The predicted molar refractivity (Wildman–Crippen MR) is 132 cm³/mol. The van der Waals surface area contributed by atoms with Crippen molar-refractivity contribution in [2.24, 2.45) is 0 Å². The highest BCUT2D eigenvalue weighted by Gasteiger charge is 2.21. The molecule has 2 aromatic carbocycles. The van der Waals surface area contributed by atoms with Crippen molar-refractivity contribution >= 4 is 29.3 Å². The number of rotatable bonds is 9. The number of carbonyl (C=O) groups is 2. The van der Waals surface area contributed by atoms with Crippen LogP contribution in [0.3, 0.4) is 0 Å². The maximum atomic E-state index is 12.8. The van der Waals surface area contributed by atoms with Gasteiger partial charge in [-0.1, -0.05) is 45.0 Å². The molecule has 0 unspecified atom stereocenters. The van der Waals surface area contributed by atoms with Crippen LogP contribution in [0.5, 0.6) is 0 Å². The van der Waals surface area contributed by atoms with E-state index in [2.05, 4.69) is 31.4 Å². The van der Waals surface area contributed by atoms with E-state index in [-0.39, 0.29) is 17.2 Å². The molecule has 0 bridgehead atoms. The van der Waals surface area contributed by atoms with Crippen LogP contribution >= 0.6 is 11.8 Å². The number of amides is 2. The largest absolute Gasteiger partial charge is 0.378 e. The Bertz CT molecular complexity index is 856. The Kier molecular flexibility index (Phi) is 8.99. The normalized spacial score (nSPS) is 12.2. The van der Waals surface area contributed by atoms with E-state index in [4.69, 9.17) is 0 Å². The van der Waals surface area contributed by atoms with Crippen LogP contribution in [0, 0.1) is 0 Å². The number of hydrogen-bond donors (Lipinski definition) is 2. The molecular weight excluding hydrogens is 406 g/mol. The van der Waals surface area contributed by atoms with Gasteiger partial charge in [0.05, 0.1) is 0 Å². The lowest BCUT2D eigenvalue weighted by atomic mass is 9.86. The number of nitrogens with zero attached hydrogens (tertiary/aromatic N) is 1. The predicted octanol–water partition coefficient (Wildman–Crippen LogP) is 4.22. The summed E-state index contributed by atoms with van der Waals surface area (Å²) in [6.45, 7) is 6.84. The van der Waals surface area contributed by atoms with E-state index in [9.17, 15) is 9.59 Å². The summed E-state index contributed by atoms with van der Waals surface area (Å²) in [5, 5.41) is 5.88. The number of anilines is 1. The quantitative estimate of drug-likeness (QED) is 0.612. The lowest BCUT2D eigenvalue weighted by Crippen LogP contribution is -2.46. The lowest BCUT2D eigenvalue weighted by Gasteiger charge is -2.20. The summed E-state index contributed by atoms with van der Waals surface area (Å²) < 4.78 is 0. The van der Waals surface area contributed by atoms with Crippen LogP contribution in [0.1, 0.15) is 48.7 Å². The van der Waals surface area contributed by atoms with E-state index in [1.54, 1.807) is 11.8 Å². The second-order valence-electron chi connectivity index (χ2n) is 8.91. The van der Waals surface area contributed by atoms with Gasteiger partial charge in [-0.3, -0.25) is 9.59 Å². The van der Waals surface area contributed by atoms with E-state index >= 15 is 0 Å². The Labute approximate surface area is 191 Å². The van der Waals surface area contributed by atoms with Crippen LogP contribution in [0.15, 0.2) is 48.5 Å². The highest BCUT2D eigenvalue weighted by Crippen LogP contribution is 2.22. The van der Waals surface area contributed by atoms with Gasteiger partial charge in [-0.25, -0.2) is 0 Å². The van der Waals surface area contributed by atoms with Gasteiger partial charge in [-0.2, -0.15) is 11.8 Å². The van der Waals surface area contributed by atoms with E-state index < -0.39 is 6.04 Å². The molecule has 0 heterocycles. The van der Waals surface area contributed by atoms with Gasteiger partial charge in [0.15, 0.2) is 0 Å². The molecule has 0 aliphatic heterocycles. The van der Waals surface area contributed by atoms with Crippen LogP contribution in [0.2, 0.25) is 0 Å². The minimum atomic E-state index is -0.566. The van der Waals surface area contributed by atoms with Crippen LogP contribution in [-0.2, 0) is 16.8 Å². The third-order valence-corrected chi connectivity index (χ3v) is 5.81. The average molecular weight is 442 g/mol. The molecule has 2 N–H and O–H groups in total. The Morgan fingerprint density at radius 1 is 1.00 bits per heavy atom. The van der Waals surface area contributed by atoms with Gasteiger partial charge in [-0.15, -0.1) is 0 Å². The molecule has 2 aromatic rings. The molecule has 0 aromatic heterocycles. The van der Waals surface area contributed by atoms with Gasteiger partial charge >= 0.3 is 0 Å². The SMILES string of the molecule is CSCC[C@@H](NC(=O)c1ccc(C(C)(C)C)cc1)C(=O)NCc1ccc(N(C)C)cc1. The second kappa shape index (κ2) is 11.2. The summed E-state index contributed by atoms with van der Waals surface area (Å²) in [6, 6.07) is 15.1. The fraction of sp³-hybridized carbons (Fsp3) is 0.440. The molecule has 0 spiro atoms. The zero-order valence-corrected chi connectivity index (χ0v) is 20.3. The third kappa shape index (κ3) is 7.62. The Morgan fingerprint density at radius 2 is 1.61 bits per heavy atom. The first-order valence-electron chi connectivity index (χ1n) is 10.6. The number of hydrogen-bond acceptors (Lipinski definition) is 4. The van der Waals surface area contributed by atoms with Gasteiger partial charge < -0.3 is 15.5 Å². The third-order valence-electron chi connectivity index (χ3n) is 5.17. The van der Waals surface area contributed by atoms with Crippen molar-refractivity contribution in [3.63, 3.8) is 0 Å². The van der Waals surface area contributed by atoms with E-state index in [1.165, 1.54) is 5.56 Å². The fourth-order valence-corrected chi connectivity index (χ4v) is 3.56. The van der Waals surface area contributed by atoms with Crippen molar-refractivity contribution in [2.45, 2.75) is 45.2 Å². The molecule has 2 rings (SSSR count). The Balaban J connectivity index is 2.01. The molecule has 0 fully saturated rings. The lowest BCUT2D eigenvalue weighted by molar-refractivity contribution is -0.123. The van der Waals surface area contributed by atoms with E-state index in [0.29, 0.717) is 18.5 Å². The van der Waals surface area contributed by atoms with Crippen molar-refractivity contribution in [1.29, 1.82) is 0 Å². The molecule has 1 atom stereocenters. The topological polar surface area (TPSA) is 61.4 Å². The molecule has 0 aliphatic rings. The van der Waals surface area contributed by atoms with Gasteiger partial charge in [0.25, 0.3) is 5.91 Å². The van der Waals surface area contributed by atoms with Crippen molar-refractivity contribution in [1.82, 2.24) is 10.6 Å². The highest BCUT2D eigenvalue weighted by atomic mass is 32.2. The summed E-state index contributed by atoms with van der Waals surface area (Å²) in [5.74, 6) is 0.404. The van der Waals surface area contributed by atoms with Crippen molar-refractivity contribution in [2.75, 3.05) is 31.0 Å². The first-order valence-corrected chi connectivity index (χ1v) is 12.0. The highest BCUT2D eigenvalue weighted by molar-refractivity contribution is 7.98. The zero-order chi connectivity index (χ0) is 23.0. The smallest absolute Gasteiger partial charge is 0.251 e. The Hall–Kier alpha value is -2.47. The van der Waals surface area contributed by atoms with Crippen LogP contribution in [-0.4, -0.2) is 44.0 Å². The molecule has 2 amide bonds. The number of carbonyl (C=O) groups excluding carboxylic acids is 2. The standard InChI is InChI=1S/C25H35N3O2S/c1-25(2,3)20-11-9-19(10-12-20)23(29)27-22(15-16-31-6)24(30)26-17-18-7-13-21(14-8-18)28(4)5/h7-14,22H,15-17H2,1-6H3,(H,26,30)(H,27,29)/t22-/m1/s1.